The number of carbonyl (C=O) groups is 2. The Morgan fingerprint density at radius 1 is 1.11 bits per heavy atom. The number of hydrogen-bond donors (Lipinski definition) is 2. The zero-order valence-corrected chi connectivity index (χ0v) is 17.8. The van der Waals surface area contributed by atoms with Gasteiger partial charge in [0.25, 0.3) is 11.8 Å². The summed E-state index contributed by atoms with van der Waals surface area (Å²) in [6, 6.07) is 7.31. The van der Waals surface area contributed by atoms with Crippen LogP contribution in [0.25, 0.3) is 0 Å². The van der Waals surface area contributed by atoms with E-state index in [1.54, 1.807) is 11.6 Å². The molecular formula is C20H22N4O2S2. The highest BCUT2D eigenvalue weighted by molar-refractivity contribution is 7.13. The Labute approximate surface area is 172 Å². The van der Waals surface area contributed by atoms with E-state index in [0.29, 0.717) is 15.6 Å². The first kappa shape index (κ1) is 20.2. The molecule has 2 heterocycles. The Bertz CT molecular complexity index is 994. The highest BCUT2D eigenvalue weighted by Gasteiger charge is 2.24. The number of amides is 2. The molecule has 0 fully saturated rings. The first-order valence-electron chi connectivity index (χ1n) is 8.91. The van der Waals surface area contributed by atoms with Gasteiger partial charge in [-0.3, -0.25) is 9.59 Å². The summed E-state index contributed by atoms with van der Waals surface area (Å²) in [6.45, 7) is 7.82. The summed E-state index contributed by atoms with van der Waals surface area (Å²) in [7, 11) is 0. The minimum absolute atomic E-state index is 0.122. The van der Waals surface area contributed by atoms with Gasteiger partial charge in [-0.2, -0.15) is 0 Å². The van der Waals surface area contributed by atoms with Crippen molar-refractivity contribution in [1.82, 2.24) is 15.3 Å². The van der Waals surface area contributed by atoms with Gasteiger partial charge >= 0.3 is 0 Å². The van der Waals surface area contributed by atoms with Crippen LogP contribution < -0.4 is 10.6 Å². The smallest absolute Gasteiger partial charge is 0.275 e. The van der Waals surface area contributed by atoms with Crippen molar-refractivity contribution in [3.8, 4) is 0 Å². The predicted octanol–water partition coefficient (Wildman–Crippen LogP) is 4.60. The minimum Gasteiger partial charge on any atom is -0.342 e. The number of thiazole rings is 2. The first-order valence-corrected chi connectivity index (χ1v) is 10.6. The van der Waals surface area contributed by atoms with Gasteiger partial charge in [0.1, 0.15) is 15.6 Å². The lowest BCUT2D eigenvalue weighted by molar-refractivity contribution is 0.0929. The van der Waals surface area contributed by atoms with Gasteiger partial charge in [-0.25, -0.2) is 9.97 Å². The molecule has 1 atom stereocenters. The summed E-state index contributed by atoms with van der Waals surface area (Å²) in [4.78, 5) is 34.3. The highest BCUT2D eigenvalue weighted by atomic mass is 32.1. The molecule has 8 heteroatoms. The SMILES string of the molecule is Cc1ncc(C(=O)N[C@H](c2nc(C(=O)Nc3ccccc3C)cs2)C(C)C)s1. The standard InChI is InChI=1S/C20H22N4O2S2/c1-11(2)17(24-19(26)16-9-21-13(4)28-16)20-23-15(10-27-20)18(25)22-14-8-6-5-7-12(14)3/h5-11,17H,1-4H3,(H,22,25)(H,24,26)/t17-/m0/s1. The van der Waals surface area contributed by atoms with Crippen molar-refractivity contribution in [2.75, 3.05) is 5.32 Å². The Morgan fingerprint density at radius 3 is 2.50 bits per heavy atom. The molecule has 3 rings (SSSR count). The molecule has 0 bridgehead atoms. The maximum absolute atomic E-state index is 12.6. The summed E-state index contributed by atoms with van der Waals surface area (Å²) >= 11 is 2.73. The Balaban J connectivity index is 1.74. The fraction of sp³-hybridized carbons (Fsp3) is 0.300. The molecule has 2 amide bonds. The maximum atomic E-state index is 12.6. The van der Waals surface area contributed by atoms with Crippen LogP contribution in [0.3, 0.4) is 0 Å². The summed E-state index contributed by atoms with van der Waals surface area (Å²) in [6.07, 6.45) is 1.58. The largest absolute Gasteiger partial charge is 0.342 e. The van der Waals surface area contributed by atoms with E-state index in [4.69, 9.17) is 0 Å². The van der Waals surface area contributed by atoms with E-state index in [0.717, 1.165) is 16.3 Å². The third kappa shape index (κ3) is 4.63. The maximum Gasteiger partial charge on any atom is 0.275 e. The van der Waals surface area contributed by atoms with E-state index < -0.39 is 0 Å². The quantitative estimate of drug-likeness (QED) is 0.618. The molecule has 2 N–H and O–H groups in total. The minimum atomic E-state index is -0.278. The van der Waals surface area contributed by atoms with E-state index in [9.17, 15) is 9.59 Å². The van der Waals surface area contributed by atoms with E-state index in [1.165, 1.54) is 22.7 Å². The van der Waals surface area contributed by atoms with E-state index in [-0.39, 0.29) is 23.8 Å². The van der Waals surface area contributed by atoms with Gasteiger partial charge in [0, 0.05) is 11.1 Å². The molecular weight excluding hydrogens is 392 g/mol. The lowest BCUT2D eigenvalue weighted by Crippen LogP contribution is -2.31. The van der Waals surface area contributed by atoms with Crippen LogP contribution in [0.4, 0.5) is 5.69 Å². The number of nitrogens with one attached hydrogen (secondary N) is 2. The molecule has 1 aromatic carbocycles. The molecule has 6 nitrogen and oxygen atoms in total. The fourth-order valence-electron chi connectivity index (χ4n) is 2.63. The molecule has 3 aromatic rings. The molecule has 28 heavy (non-hydrogen) atoms. The lowest BCUT2D eigenvalue weighted by atomic mass is 10.1. The van der Waals surface area contributed by atoms with Crippen molar-refractivity contribution < 1.29 is 9.59 Å². The van der Waals surface area contributed by atoms with Crippen LogP contribution in [0.2, 0.25) is 0 Å². The van der Waals surface area contributed by atoms with E-state index in [2.05, 4.69) is 20.6 Å². The second-order valence-corrected chi connectivity index (χ2v) is 8.90. The number of hydrogen-bond acceptors (Lipinski definition) is 6. The van der Waals surface area contributed by atoms with Gasteiger partial charge in [0.05, 0.1) is 17.2 Å². The molecule has 2 aromatic heterocycles. The Hall–Kier alpha value is -2.58. The average molecular weight is 415 g/mol. The lowest BCUT2D eigenvalue weighted by Gasteiger charge is -2.19. The number of rotatable bonds is 6. The third-order valence-corrected chi connectivity index (χ3v) is 6.05. The normalized spacial score (nSPS) is 12.0. The van der Waals surface area contributed by atoms with Gasteiger partial charge in [0.15, 0.2) is 0 Å². The highest BCUT2D eigenvalue weighted by Crippen LogP contribution is 2.26. The first-order chi connectivity index (χ1) is 13.3. The molecule has 0 aliphatic heterocycles. The molecule has 0 radical (unpaired) electrons. The molecule has 0 aliphatic carbocycles. The van der Waals surface area contributed by atoms with Gasteiger partial charge in [-0.15, -0.1) is 22.7 Å². The summed E-state index contributed by atoms with van der Waals surface area (Å²) in [5.41, 5.74) is 2.09. The second-order valence-electron chi connectivity index (χ2n) is 6.78. The van der Waals surface area contributed by atoms with Crippen molar-refractivity contribution in [3.05, 3.63) is 62.0 Å². The molecule has 146 valence electrons. The summed E-state index contributed by atoms with van der Waals surface area (Å²) in [5, 5.41) is 9.18. The van der Waals surface area contributed by atoms with E-state index >= 15 is 0 Å². The Morgan fingerprint density at radius 2 is 1.86 bits per heavy atom. The van der Waals surface area contributed by atoms with Crippen molar-refractivity contribution in [2.45, 2.75) is 33.7 Å². The van der Waals surface area contributed by atoms with E-state index in [1.807, 2.05) is 52.0 Å². The van der Waals surface area contributed by atoms with Crippen LogP contribution in [0.15, 0.2) is 35.8 Å². The molecule has 0 aliphatic rings. The fourth-order valence-corrected chi connectivity index (χ4v) is 4.33. The van der Waals surface area contributed by atoms with Crippen molar-refractivity contribution in [2.24, 2.45) is 5.92 Å². The van der Waals surface area contributed by atoms with Crippen molar-refractivity contribution in [1.29, 1.82) is 0 Å². The molecule has 0 saturated carbocycles. The number of aryl methyl sites for hydroxylation is 2. The van der Waals surface area contributed by atoms with Crippen LogP contribution in [0.5, 0.6) is 0 Å². The second kappa shape index (κ2) is 8.62. The monoisotopic (exact) mass is 414 g/mol. The van der Waals surface area contributed by atoms with Gasteiger partial charge in [-0.1, -0.05) is 32.0 Å². The topological polar surface area (TPSA) is 84.0 Å². The number of carbonyl (C=O) groups excluding carboxylic acids is 2. The molecule has 0 saturated heterocycles. The molecule has 0 unspecified atom stereocenters. The Kier molecular flexibility index (Phi) is 6.21. The van der Waals surface area contributed by atoms with Gasteiger partial charge < -0.3 is 10.6 Å². The van der Waals surface area contributed by atoms with Crippen molar-refractivity contribution in [3.63, 3.8) is 0 Å². The van der Waals surface area contributed by atoms with Gasteiger partial charge in [0.2, 0.25) is 0 Å². The number of aromatic nitrogens is 2. The number of para-hydroxylation sites is 1. The zero-order chi connectivity index (χ0) is 20.3. The summed E-state index contributed by atoms with van der Waals surface area (Å²) < 4.78 is 0. The molecule has 0 spiro atoms. The average Bonchev–Trinajstić information content (AvgIpc) is 3.30. The predicted molar refractivity (Wildman–Crippen MR) is 113 cm³/mol. The third-order valence-electron chi connectivity index (χ3n) is 4.21. The van der Waals surface area contributed by atoms with Crippen LogP contribution >= 0.6 is 22.7 Å². The van der Waals surface area contributed by atoms with Crippen LogP contribution in [-0.4, -0.2) is 21.8 Å². The van der Waals surface area contributed by atoms with Gasteiger partial charge in [-0.05, 0) is 31.4 Å². The zero-order valence-electron chi connectivity index (χ0n) is 16.1. The van der Waals surface area contributed by atoms with Crippen LogP contribution in [0.1, 0.15) is 55.6 Å². The van der Waals surface area contributed by atoms with Crippen LogP contribution in [-0.2, 0) is 0 Å². The number of anilines is 1. The number of nitrogens with zero attached hydrogens (tertiary/aromatic N) is 2. The number of benzene rings is 1. The van der Waals surface area contributed by atoms with Crippen LogP contribution in [0, 0.1) is 19.8 Å². The van der Waals surface area contributed by atoms with Crippen molar-refractivity contribution >= 4 is 40.2 Å². The summed E-state index contributed by atoms with van der Waals surface area (Å²) in [5.74, 6) is -0.314.